The van der Waals surface area contributed by atoms with Crippen molar-refractivity contribution in [3.05, 3.63) is 29.8 Å². The summed E-state index contributed by atoms with van der Waals surface area (Å²) in [5.41, 5.74) is 5.34. The molecule has 1 aromatic rings. The summed E-state index contributed by atoms with van der Waals surface area (Å²) in [7, 11) is 0. The molecule has 0 aromatic heterocycles. The van der Waals surface area contributed by atoms with Crippen LogP contribution in [0.2, 0.25) is 0 Å². The zero-order valence-electron chi connectivity index (χ0n) is 10.6. The monoisotopic (exact) mass is 262 g/mol. The number of amides is 1. The Hall–Kier alpha value is -2.54. The molecule has 0 atom stereocenters. The summed E-state index contributed by atoms with van der Waals surface area (Å²) in [6.07, 6.45) is 0. The number of benzene rings is 1. The summed E-state index contributed by atoms with van der Waals surface area (Å²) in [5, 5.41) is 3.73. The van der Waals surface area contributed by atoms with Crippen molar-refractivity contribution in [3.63, 3.8) is 0 Å². The van der Waals surface area contributed by atoms with Crippen LogP contribution in [0.4, 0.5) is 5.69 Å². The van der Waals surface area contributed by atoms with Gasteiger partial charge in [-0.05, 0) is 24.3 Å². The molecule has 19 heavy (non-hydrogen) atoms. The Morgan fingerprint density at radius 2 is 1.58 bits per heavy atom. The summed E-state index contributed by atoms with van der Waals surface area (Å²) in [5.74, 6) is 3.75. The lowest BCUT2D eigenvalue weighted by Crippen LogP contribution is -2.29. The van der Waals surface area contributed by atoms with Gasteiger partial charge in [-0.3, -0.25) is 25.2 Å². The van der Waals surface area contributed by atoms with Gasteiger partial charge in [0.25, 0.3) is 5.91 Å². The average molecular weight is 262 g/mol. The van der Waals surface area contributed by atoms with Crippen LogP contribution in [-0.4, -0.2) is 23.2 Å². The first-order chi connectivity index (χ1) is 8.95. The number of ketones is 2. The van der Waals surface area contributed by atoms with Crippen LogP contribution in [0.3, 0.4) is 0 Å². The minimum atomic E-state index is -0.417. The van der Waals surface area contributed by atoms with Gasteiger partial charge in [0.05, 0.1) is 5.69 Å². The van der Waals surface area contributed by atoms with E-state index in [1.165, 1.54) is 26.0 Å². The van der Waals surface area contributed by atoms with Crippen molar-refractivity contribution in [2.24, 2.45) is 10.9 Å². The van der Waals surface area contributed by atoms with E-state index in [0.717, 1.165) is 0 Å². The van der Waals surface area contributed by atoms with Crippen molar-refractivity contribution in [3.8, 4) is 0 Å². The molecule has 0 aliphatic rings. The predicted molar refractivity (Wildman–Crippen MR) is 70.5 cm³/mol. The zero-order valence-corrected chi connectivity index (χ0v) is 10.6. The lowest BCUT2D eigenvalue weighted by Gasteiger charge is -2.04. The highest BCUT2D eigenvalue weighted by atomic mass is 16.2. The Morgan fingerprint density at radius 1 is 1.05 bits per heavy atom. The smallest absolute Gasteiger partial charge is 0.265 e. The largest absolute Gasteiger partial charge is 0.293 e. The molecule has 1 rings (SSSR count). The number of hydrogen-bond donors (Lipinski definition) is 3. The van der Waals surface area contributed by atoms with Crippen LogP contribution >= 0.6 is 0 Å². The molecule has 0 unspecified atom stereocenters. The standard InChI is InChI=1S/C12H14N4O3/c1-7(17)11(8(2)18)16-15-10-5-3-9(4-6-10)12(19)14-13/h3-6,15H,13H2,1-2H3,(H,14,19). The highest BCUT2D eigenvalue weighted by molar-refractivity contribution is 6.65. The maximum Gasteiger partial charge on any atom is 0.265 e. The molecule has 7 heteroatoms. The Balaban J connectivity index is 2.83. The van der Waals surface area contributed by atoms with Crippen LogP contribution in [0, 0.1) is 0 Å². The molecule has 0 saturated heterocycles. The fourth-order valence-corrected chi connectivity index (χ4v) is 1.31. The van der Waals surface area contributed by atoms with Crippen molar-refractivity contribution >= 4 is 28.9 Å². The van der Waals surface area contributed by atoms with E-state index in [-0.39, 0.29) is 5.71 Å². The average Bonchev–Trinajstić information content (AvgIpc) is 2.38. The summed E-state index contributed by atoms with van der Waals surface area (Å²) >= 11 is 0. The molecular weight excluding hydrogens is 248 g/mol. The number of hydrogen-bond acceptors (Lipinski definition) is 6. The molecular formula is C12H14N4O3. The molecule has 1 amide bonds. The second-order valence-electron chi connectivity index (χ2n) is 3.74. The van der Waals surface area contributed by atoms with Crippen LogP contribution < -0.4 is 16.7 Å². The van der Waals surface area contributed by atoms with E-state index in [1.807, 2.05) is 5.43 Å². The second-order valence-corrected chi connectivity index (χ2v) is 3.74. The fourth-order valence-electron chi connectivity index (χ4n) is 1.31. The minimum Gasteiger partial charge on any atom is -0.293 e. The van der Waals surface area contributed by atoms with Crippen molar-refractivity contribution in [2.45, 2.75) is 13.8 Å². The molecule has 0 aliphatic heterocycles. The van der Waals surface area contributed by atoms with Gasteiger partial charge in [0.15, 0.2) is 17.3 Å². The molecule has 0 fully saturated rings. The number of nitrogens with one attached hydrogen (secondary N) is 2. The quantitative estimate of drug-likeness (QED) is 0.231. The normalized spacial score (nSPS) is 9.42. The summed E-state index contributed by atoms with van der Waals surface area (Å²) < 4.78 is 0. The van der Waals surface area contributed by atoms with Crippen molar-refractivity contribution in [1.29, 1.82) is 0 Å². The van der Waals surface area contributed by atoms with Gasteiger partial charge >= 0.3 is 0 Å². The van der Waals surface area contributed by atoms with Crippen LogP contribution in [0.15, 0.2) is 29.4 Å². The van der Waals surface area contributed by atoms with Crippen LogP contribution in [0.5, 0.6) is 0 Å². The second kappa shape index (κ2) is 6.41. The van der Waals surface area contributed by atoms with Crippen LogP contribution in [0.1, 0.15) is 24.2 Å². The molecule has 0 heterocycles. The first kappa shape index (κ1) is 14.5. The first-order valence-electron chi connectivity index (χ1n) is 5.42. The highest BCUT2D eigenvalue weighted by Gasteiger charge is 2.11. The zero-order chi connectivity index (χ0) is 14.4. The van der Waals surface area contributed by atoms with E-state index in [4.69, 9.17) is 5.84 Å². The Labute approximate surface area is 109 Å². The van der Waals surface area contributed by atoms with E-state index in [0.29, 0.717) is 11.3 Å². The maximum atomic E-state index is 11.2. The van der Waals surface area contributed by atoms with E-state index in [1.54, 1.807) is 12.1 Å². The molecule has 7 nitrogen and oxygen atoms in total. The van der Waals surface area contributed by atoms with Gasteiger partial charge in [0.2, 0.25) is 0 Å². The van der Waals surface area contributed by atoms with Gasteiger partial charge in [-0.2, -0.15) is 5.10 Å². The molecule has 0 spiro atoms. The maximum absolute atomic E-state index is 11.2. The van der Waals surface area contributed by atoms with E-state index < -0.39 is 17.5 Å². The van der Waals surface area contributed by atoms with Crippen LogP contribution in [0.25, 0.3) is 0 Å². The number of hydrazine groups is 1. The van der Waals surface area contributed by atoms with Gasteiger partial charge in [-0.1, -0.05) is 0 Å². The van der Waals surface area contributed by atoms with Gasteiger partial charge in [-0.25, -0.2) is 5.84 Å². The van der Waals surface area contributed by atoms with Gasteiger partial charge in [0.1, 0.15) is 0 Å². The SMILES string of the molecule is CC(=O)C(=NNc1ccc(C(=O)NN)cc1)C(C)=O. The Morgan fingerprint density at radius 3 is 2.00 bits per heavy atom. The number of Topliss-reactive ketones (excluding diaryl/α,β-unsaturated/α-hetero) is 2. The number of hydrazone groups is 1. The number of nitrogens with two attached hydrogens (primary N) is 1. The van der Waals surface area contributed by atoms with E-state index in [9.17, 15) is 14.4 Å². The summed E-state index contributed by atoms with van der Waals surface area (Å²) in [6, 6.07) is 6.21. The molecule has 1 aromatic carbocycles. The predicted octanol–water partition coefficient (Wildman–Crippen LogP) is 0.236. The van der Waals surface area contributed by atoms with E-state index >= 15 is 0 Å². The summed E-state index contributed by atoms with van der Waals surface area (Å²) in [6.45, 7) is 2.52. The van der Waals surface area contributed by atoms with E-state index in [2.05, 4.69) is 10.5 Å². The minimum absolute atomic E-state index is 0.163. The summed E-state index contributed by atoms with van der Waals surface area (Å²) in [4.78, 5) is 33.5. The Bertz CT molecular complexity index is 518. The molecule has 4 N–H and O–H groups in total. The third-order valence-electron chi connectivity index (χ3n) is 2.24. The molecule has 100 valence electrons. The number of nitrogen functional groups attached to an aromatic ring is 1. The molecule has 0 bridgehead atoms. The Kier molecular flexibility index (Phi) is 4.90. The van der Waals surface area contributed by atoms with Crippen molar-refractivity contribution in [2.75, 3.05) is 5.43 Å². The number of nitrogens with zero attached hydrogens (tertiary/aromatic N) is 1. The van der Waals surface area contributed by atoms with Crippen LogP contribution in [-0.2, 0) is 9.59 Å². The lowest BCUT2D eigenvalue weighted by molar-refractivity contribution is -0.114. The van der Waals surface area contributed by atoms with Gasteiger partial charge in [0, 0.05) is 19.4 Å². The van der Waals surface area contributed by atoms with Crippen molar-refractivity contribution < 1.29 is 14.4 Å². The lowest BCUT2D eigenvalue weighted by atomic mass is 10.2. The molecule has 0 saturated carbocycles. The van der Waals surface area contributed by atoms with Crippen molar-refractivity contribution in [1.82, 2.24) is 5.43 Å². The van der Waals surface area contributed by atoms with Gasteiger partial charge in [-0.15, -0.1) is 0 Å². The third-order valence-corrected chi connectivity index (χ3v) is 2.24. The molecule has 0 radical (unpaired) electrons. The fraction of sp³-hybridized carbons (Fsp3) is 0.167. The highest BCUT2D eigenvalue weighted by Crippen LogP contribution is 2.09. The van der Waals surface area contributed by atoms with Gasteiger partial charge < -0.3 is 0 Å². The third kappa shape index (κ3) is 4.00. The molecule has 0 aliphatic carbocycles. The topological polar surface area (TPSA) is 114 Å². The number of carbonyl (C=O) groups is 3. The number of carbonyl (C=O) groups excluding carboxylic acids is 3. The number of anilines is 1. The first-order valence-corrected chi connectivity index (χ1v) is 5.42. The number of rotatable bonds is 5.